The van der Waals surface area contributed by atoms with Gasteiger partial charge in [0.15, 0.2) is 0 Å². The standard InChI is InChI=1S/C6H16NO2.CHNS/c1-7(2,3-5-8)4-6-9;2-1-3/h8-9H,3-6H2,1-2H3;3H/q+1;/p-1. The predicted octanol–water partition coefficient (Wildman–Crippen LogP) is -0.938. The molecule has 0 saturated heterocycles. The number of nitriles is 1. The minimum Gasteiger partial charge on any atom is -0.696 e. The molecule has 72 valence electrons. The van der Waals surface area contributed by atoms with Crippen molar-refractivity contribution in [3.8, 4) is 5.40 Å². The summed E-state index contributed by atoms with van der Waals surface area (Å²) in [5.41, 5.74) is 0. The molecule has 12 heavy (non-hydrogen) atoms. The van der Waals surface area contributed by atoms with Crippen molar-refractivity contribution in [3.63, 3.8) is 0 Å². The molecule has 0 aliphatic heterocycles. The van der Waals surface area contributed by atoms with Crippen LogP contribution in [0.3, 0.4) is 0 Å². The fourth-order valence-corrected chi connectivity index (χ4v) is 0.653. The van der Waals surface area contributed by atoms with E-state index in [0.29, 0.717) is 17.6 Å². The highest BCUT2D eigenvalue weighted by Gasteiger charge is 2.11. The van der Waals surface area contributed by atoms with E-state index in [9.17, 15) is 0 Å². The monoisotopic (exact) mass is 192 g/mol. The molecule has 0 aromatic rings. The van der Waals surface area contributed by atoms with E-state index in [-0.39, 0.29) is 13.2 Å². The van der Waals surface area contributed by atoms with Gasteiger partial charge in [-0.1, -0.05) is 5.40 Å². The maximum absolute atomic E-state index is 8.53. The van der Waals surface area contributed by atoms with Crippen LogP contribution in [0.15, 0.2) is 0 Å². The van der Waals surface area contributed by atoms with Crippen LogP contribution in [0.1, 0.15) is 0 Å². The number of likely N-dealkylation sites (N-methyl/N-ethyl adjacent to an activating group) is 1. The molecule has 0 bridgehead atoms. The quantitative estimate of drug-likeness (QED) is 0.343. The van der Waals surface area contributed by atoms with Crippen LogP contribution < -0.4 is 0 Å². The average Bonchev–Trinajstić information content (AvgIpc) is 1.88. The molecule has 0 amide bonds. The van der Waals surface area contributed by atoms with Gasteiger partial charge in [-0.25, -0.2) is 5.26 Å². The van der Waals surface area contributed by atoms with Crippen molar-refractivity contribution in [2.75, 3.05) is 40.4 Å². The fraction of sp³-hybridized carbons (Fsp3) is 0.857. The van der Waals surface area contributed by atoms with Crippen molar-refractivity contribution in [3.05, 3.63) is 0 Å². The van der Waals surface area contributed by atoms with Gasteiger partial charge < -0.3 is 27.3 Å². The molecule has 0 fully saturated rings. The Bertz CT molecular complexity index is 126. The second-order valence-electron chi connectivity index (χ2n) is 2.92. The first kappa shape index (κ1) is 14.1. The number of rotatable bonds is 4. The predicted molar refractivity (Wildman–Crippen MR) is 49.0 cm³/mol. The lowest BCUT2D eigenvalue weighted by Crippen LogP contribution is -2.43. The Kier molecular flexibility index (Phi) is 10.2. The third-order valence-corrected chi connectivity index (χ3v) is 1.41. The minimum absolute atomic E-state index is 0.188. The number of hydrogen-bond acceptors (Lipinski definition) is 4. The largest absolute Gasteiger partial charge is 0.696 e. The van der Waals surface area contributed by atoms with E-state index in [2.05, 4.69) is 12.6 Å². The number of quaternary nitrogens is 1. The molecule has 0 rings (SSSR count). The van der Waals surface area contributed by atoms with Gasteiger partial charge in [0, 0.05) is 0 Å². The van der Waals surface area contributed by atoms with Crippen LogP contribution in [-0.4, -0.2) is 55.1 Å². The van der Waals surface area contributed by atoms with Crippen molar-refractivity contribution in [2.45, 2.75) is 0 Å². The second-order valence-corrected chi connectivity index (χ2v) is 3.10. The maximum Gasteiger partial charge on any atom is 0.102 e. The molecule has 5 heteroatoms. The molecular formula is C7H16N2O2S. The van der Waals surface area contributed by atoms with Crippen molar-refractivity contribution in [1.29, 1.82) is 5.26 Å². The Balaban J connectivity index is 0. The Morgan fingerprint density at radius 1 is 1.25 bits per heavy atom. The van der Waals surface area contributed by atoms with Crippen LogP contribution in [0, 0.1) is 10.7 Å². The van der Waals surface area contributed by atoms with E-state index >= 15 is 0 Å². The number of nitrogens with zero attached hydrogens (tertiary/aromatic N) is 2. The highest BCUT2D eigenvalue weighted by atomic mass is 32.1. The lowest BCUT2D eigenvalue weighted by atomic mass is 10.4. The van der Waals surface area contributed by atoms with E-state index in [1.807, 2.05) is 14.1 Å². The molecule has 0 unspecified atom stereocenters. The topological polar surface area (TPSA) is 64.2 Å². The smallest absolute Gasteiger partial charge is 0.102 e. The van der Waals surface area contributed by atoms with Crippen LogP contribution in [0.25, 0.3) is 0 Å². The SMILES string of the molecule is C[N+](C)(CCO)CCO.N#C[S-]. The van der Waals surface area contributed by atoms with E-state index in [0.717, 1.165) is 0 Å². The summed E-state index contributed by atoms with van der Waals surface area (Å²) in [5.74, 6) is 0. The number of hydrogen-bond donors (Lipinski definition) is 2. The molecular weight excluding hydrogens is 176 g/mol. The van der Waals surface area contributed by atoms with E-state index < -0.39 is 0 Å². The van der Waals surface area contributed by atoms with Crippen LogP contribution in [0.4, 0.5) is 0 Å². The first-order chi connectivity index (χ1) is 5.54. The number of aliphatic hydroxyl groups is 2. The molecule has 0 aromatic carbocycles. The van der Waals surface area contributed by atoms with E-state index in [4.69, 9.17) is 15.5 Å². The molecule has 0 atom stereocenters. The zero-order valence-electron chi connectivity index (χ0n) is 7.53. The Labute approximate surface area is 79.0 Å². The summed E-state index contributed by atoms with van der Waals surface area (Å²) in [6.07, 6.45) is 0. The summed E-state index contributed by atoms with van der Waals surface area (Å²) in [5, 5.41) is 25.5. The molecule has 0 aliphatic carbocycles. The summed E-state index contributed by atoms with van der Waals surface area (Å²) in [6.45, 7) is 1.79. The van der Waals surface area contributed by atoms with Gasteiger partial charge in [-0.15, -0.1) is 0 Å². The third-order valence-electron chi connectivity index (χ3n) is 1.41. The van der Waals surface area contributed by atoms with Crippen LogP contribution in [0.5, 0.6) is 0 Å². The molecule has 0 saturated carbocycles. The van der Waals surface area contributed by atoms with Crippen molar-refractivity contribution in [1.82, 2.24) is 0 Å². The summed E-state index contributed by atoms with van der Waals surface area (Å²) in [4.78, 5) is 0. The van der Waals surface area contributed by atoms with E-state index in [1.165, 1.54) is 5.40 Å². The summed E-state index contributed by atoms with van der Waals surface area (Å²) < 4.78 is 0.688. The van der Waals surface area contributed by atoms with Crippen molar-refractivity contribution >= 4 is 12.6 Å². The minimum atomic E-state index is 0.188. The summed E-state index contributed by atoms with van der Waals surface area (Å²) >= 11 is 3.70. The first-order valence-corrected chi connectivity index (χ1v) is 4.00. The van der Waals surface area contributed by atoms with Crippen LogP contribution in [0.2, 0.25) is 0 Å². The molecule has 0 spiro atoms. The fourth-order valence-electron chi connectivity index (χ4n) is 0.653. The molecule has 4 nitrogen and oxygen atoms in total. The molecule has 2 N–H and O–H groups in total. The lowest BCUT2D eigenvalue weighted by molar-refractivity contribution is -0.890. The molecule has 0 aromatic heterocycles. The third kappa shape index (κ3) is 12.3. The zero-order chi connectivity index (χ0) is 10.0. The Morgan fingerprint density at radius 3 is 1.67 bits per heavy atom. The normalized spacial score (nSPS) is 9.58. The average molecular weight is 192 g/mol. The molecule has 0 aliphatic rings. The first-order valence-electron chi connectivity index (χ1n) is 3.59. The van der Waals surface area contributed by atoms with Gasteiger partial charge >= 0.3 is 0 Å². The maximum atomic E-state index is 8.53. The van der Waals surface area contributed by atoms with Crippen molar-refractivity contribution < 1.29 is 14.7 Å². The number of aliphatic hydroxyl groups excluding tert-OH is 2. The van der Waals surface area contributed by atoms with Gasteiger partial charge in [0.25, 0.3) is 0 Å². The highest BCUT2D eigenvalue weighted by molar-refractivity contribution is 7.64. The van der Waals surface area contributed by atoms with Gasteiger partial charge in [0.05, 0.1) is 27.3 Å². The molecule has 0 radical (unpaired) electrons. The van der Waals surface area contributed by atoms with Gasteiger partial charge in [-0.05, 0) is 0 Å². The highest BCUT2D eigenvalue weighted by Crippen LogP contribution is 1.92. The number of thiocyanates is 1. The second kappa shape index (κ2) is 8.68. The lowest BCUT2D eigenvalue weighted by Gasteiger charge is -2.27. The van der Waals surface area contributed by atoms with Crippen LogP contribution >= 0.6 is 0 Å². The Hall–Kier alpha value is -0.410. The van der Waals surface area contributed by atoms with E-state index in [1.54, 1.807) is 0 Å². The van der Waals surface area contributed by atoms with Crippen LogP contribution in [-0.2, 0) is 12.6 Å². The van der Waals surface area contributed by atoms with Gasteiger partial charge in [-0.3, -0.25) is 0 Å². The van der Waals surface area contributed by atoms with Crippen molar-refractivity contribution in [2.24, 2.45) is 0 Å². The van der Waals surface area contributed by atoms with Gasteiger partial charge in [0.2, 0.25) is 0 Å². The van der Waals surface area contributed by atoms with Gasteiger partial charge in [-0.2, -0.15) is 0 Å². The Morgan fingerprint density at radius 2 is 1.50 bits per heavy atom. The summed E-state index contributed by atoms with van der Waals surface area (Å²) in [7, 11) is 3.96. The zero-order valence-corrected chi connectivity index (χ0v) is 8.34. The molecule has 0 heterocycles. The summed E-state index contributed by atoms with van der Waals surface area (Å²) in [6, 6.07) is 0. The van der Waals surface area contributed by atoms with Gasteiger partial charge in [0.1, 0.15) is 13.1 Å².